The summed E-state index contributed by atoms with van der Waals surface area (Å²) in [6, 6.07) is 0. The van der Waals surface area contributed by atoms with Gasteiger partial charge in [0, 0.05) is 13.1 Å². The molecule has 0 unspecified atom stereocenters. The first-order valence-electron chi connectivity index (χ1n) is 4.71. The second-order valence-electron chi connectivity index (χ2n) is 3.88. The van der Waals surface area contributed by atoms with Crippen LogP contribution in [-0.2, 0) is 4.79 Å². The summed E-state index contributed by atoms with van der Waals surface area (Å²) in [5.41, 5.74) is 1.09. The Morgan fingerprint density at radius 1 is 1.50 bits per heavy atom. The van der Waals surface area contributed by atoms with E-state index in [2.05, 4.69) is 6.58 Å². The maximum Gasteiger partial charge on any atom is 0.254 e. The smallest absolute Gasteiger partial charge is 0.254 e. The van der Waals surface area contributed by atoms with E-state index in [0.717, 1.165) is 25.3 Å². The first kappa shape index (κ1) is 11.1. The van der Waals surface area contributed by atoms with Crippen molar-refractivity contribution >= 4 is 5.91 Å². The fraction of sp³-hybridized carbons (Fsp3) is 0.700. The lowest BCUT2D eigenvalue weighted by molar-refractivity contribution is -0.138. The lowest BCUT2D eigenvalue weighted by Crippen LogP contribution is -2.38. The Hall–Kier alpha value is -0.930. The molecule has 1 rings (SSSR count). The molecule has 0 aromatic carbocycles. The van der Waals surface area contributed by atoms with Gasteiger partial charge in [-0.25, -0.2) is 8.78 Å². The Kier molecular flexibility index (Phi) is 3.24. The zero-order valence-electron chi connectivity index (χ0n) is 8.35. The van der Waals surface area contributed by atoms with Gasteiger partial charge >= 0.3 is 0 Å². The molecule has 0 bridgehead atoms. The number of rotatable bonds is 2. The first-order valence-corrected chi connectivity index (χ1v) is 4.71. The largest absolute Gasteiger partial charge is 0.342 e. The number of carbonyl (C=O) groups is 1. The van der Waals surface area contributed by atoms with Crippen LogP contribution in [-0.4, -0.2) is 29.8 Å². The van der Waals surface area contributed by atoms with E-state index in [1.165, 1.54) is 4.90 Å². The van der Waals surface area contributed by atoms with E-state index in [-0.39, 0.29) is 0 Å². The van der Waals surface area contributed by atoms with Crippen molar-refractivity contribution < 1.29 is 13.6 Å². The third-order valence-corrected chi connectivity index (χ3v) is 2.28. The molecule has 1 saturated heterocycles. The van der Waals surface area contributed by atoms with Crippen LogP contribution in [0.3, 0.4) is 0 Å². The van der Waals surface area contributed by atoms with Crippen molar-refractivity contribution in [3.05, 3.63) is 12.2 Å². The molecule has 14 heavy (non-hydrogen) atoms. The number of alkyl halides is 2. The van der Waals surface area contributed by atoms with Crippen LogP contribution in [0.1, 0.15) is 26.2 Å². The van der Waals surface area contributed by atoms with Crippen LogP contribution in [0.15, 0.2) is 12.2 Å². The van der Waals surface area contributed by atoms with Crippen molar-refractivity contribution in [2.24, 2.45) is 0 Å². The van der Waals surface area contributed by atoms with Gasteiger partial charge in [-0.3, -0.25) is 4.79 Å². The van der Waals surface area contributed by atoms with E-state index in [4.69, 9.17) is 0 Å². The number of carbonyl (C=O) groups excluding carboxylic acids is 1. The number of hydrogen-bond acceptors (Lipinski definition) is 1. The van der Waals surface area contributed by atoms with Gasteiger partial charge in [-0.2, -0.15) is 0 Å². The number of amides is 1. The van der Waals surface area contributed by atoms with E-state index in [0.29, 0.717) is 13.1 Å². The molecule has 1 fully saturated rings. The molecule has 0 aromatic heterocycles. The Morgan fingerprint density at radius 3 is 2.43 bits per heavy atom. The zero-order chi connectivity index (χ0) is 10.8. The minimum Gasteiger partial charge on any atom is -0.342 e. The van der Waals surface area contributed by atoms with Gasteiger partial charge in [0.05, 0.1) is 6.42 Å². The summed E-state index contributed by atoms with van der Waals surface area (Å²) >= 11 is 0. The van der Waals surface area contributed by atoms with Crippen LogP contribution in [0.4, 0.5) is 8.78 Å². The van der Waals surface area contributed by atoms with E-state index < -0.39 is 18.3 Å². The van der Waals surface area contributed by atoms with Gasteiger partial charge in [0.25, 0.3) is 5.92 Å². The van der Waals surface area contributed by atoms with Crippen LogP contribution < -0.4 is 0 Å². The molecule has 1 aliphatic rings. The SMILES string of the molecule is C=C1CCN(C(=O)CC(C)(F)F)CC1. The number of nitrogens with zero attached hydrogens (tertiary/aromatic N) is 1. The van der Waals surface area contributed by atoms with Crippen LogP contribution >= 0.6 is 0 Å². The molecule has 0 atom stereocenters. The maximum absolute atomic E-state index is 12.5. The third kappa shape index (κ3) is 3.44. The molecule has 2 nitrogen and oxygen atoms in total. The lowest BCUT2D eigenvalue weighted by atomic mass is 10.1. The fourth-order valence-corrected chi connectivity index (χ4v) is 1.45. The maximum atomic E-state index is 12.5. The summed E-state index contributed by atoms with van der Waals surface area (Å²) in [6.45, 7) is 5.64. The van der Waals surface area contributed by atoms with Crippen molar-refractivity contribution in [3.63, 3.8) is 0 Å². The summed E-state index contributed by atoms with van der Waals surface area (Å²) in [6.07, 6.45) is 0.793. The Bertz CT molecular complexity index is 235. The summed E-state index contributed by atoms with van der Waals surface area (Å²) in [4.78, 5) is 12.8. The number of halogens is 2. The van der Waals surface area contributed by atoms with Crippen molar-refractivity contribution in [3.8, 4) is 0 Å². The summed E-state index contributed by atoms with van der Waals surface area (Å²) in [5.74, 6) is -3.35. The van der Waals surface area contributed by atoms with Gasteiger partial charge in [-0.15, -0.1) is 0 Å². The van der Waals surface area contributed by atoms with Crippen molar-refractivity contribution in [1.29, 1.82) is 0 Å². The molecule has 0 saturated carbocycles. The van der Waals surface area contributed by atoms with E-state index >= 15 is 0 Å². The van der Waals surface area contributed by atoms with E-state index in [1.54, 1.807) is 0 Å². The van der Waals surface area contributed by atoms with Crippen molar-refractivity contribution in [2.75, 3.05) is 13.1 Å². The average molecular weight is 203 g/mol. The summed E-state index contributed by atoms with van der Waals surface area (Å²) < 4.78 is 25.1. The fourth-order valence-electron chi connectivity index (χ4n) is 1.45. The monoisotopic (exact) mass is 203 g/mol. The van der Waals surface area contributed by atoms with Gasteiger partial charge in [0.15, 0.2) is 0 Å². The molecule has 1 heterocycles. The zero-order valence-corrected chi connectivity index (χ0v) is 8.35. The average Bonchev–Trinajstić information content (AvgIpc) is 2.02. The first-order chi connectivity index (χ1) is 6.38. The molecular formula is C10H15F2NO. The topological polar surface area (TPSA) is 20.3 Å². The summed E-state index contributed by atoms with van der Waals surface area (Å²) in [7, 11) is 0. The molecular weight excluding hydrogens is 188 g/mol. The summed E-state index contributed by atoms with van der Waals surface area (Å²) in [5, 5.41) is 0. The third-order valence-electron chi connectivity index (χ3n) is 2.28. The molecule has 80 valence electrons. The standard InChI is InChI=1S/C10H15F2NO/c1-8-3-5-13(6-4-8)9(14)7-10(2,11)12/h1,3-7H2,2H3. The lowest BCUT2D eigenvalue weighted by Gasteiger charge is -2.28. The predicted molar refractivity (Wildman–Crippen MR) is 50.2 cm³/mol. The van der Waals surface area contributed by atoms with Gasteiger partial charge in [-0.05, 0) is 19.8 Å². The highest BCUT2D eigenvalue weighted by Crippen LogP contribution is 2.21. The molecule has 0 aromatic rings. The number of hydrogen-bond donors (Lipinski definition) is 0. The normalized spacial score (nSPS) is 18.5. The minimum atomic E-state index is -2.90. The molecule has 0 N–H and O–H groups in total. The van der Waals surface area contributed by atoms with Crippen LogP contribution in [0.2, 0.25) is 0 Å². The number of piperidine rings is 1. The van der Waals surface area contributed by atoms with Crippen molar-refractivity contribution in [1.82, 2.24) is 4.90 Å². The van der Waals surface area contributed by atoms with E-state index in [1.807, 2.05) is 0 Å². The quantitative estimate of drug-likeness (QED) is 0.630. The molecule has 1 amide bonds. The Morgan fingerprint density at radius 2 is 2.00 bits per heavy atom. The van der Waals surface area contributed by atoms with Gasteiger partial charge in [0.2, 0.25) is 5.91 Å². The van der Waals surface area contributed by atoms with E-state index in [9.17, 15) is 13.6 Å². The van der Waals surface area contributed by atoms with Crippen LogP contribution in [0, 0.1) is 0 Å². The predicted octanol–water partition coefficient (Wildman–Crippen LogP) is 2.21. The van der Waals surface area contributed by atoms with Gasteiger partial charge in [-0.1, -0.05) is 12.2 Å². The number of likely N-dealkylation sites (tertiary alicyclic amines) is 1. The second kappa shape index (κ2) is 4.07. The highest BCUT2D eigenvalue weighted by atomic mass is 19.3. The van der Waals surface area contributed by atoms with Gasteiger partial charge in [0.1, 0.15) is 0 Å². The van der Waals surface area contributed by atoms with Crippen LogP contribution in [0.5, 0.6) is 0 Å². The highest BCUT2D eigenvalue weighted by molar-refractivity contribution is 5.77. The molecule has 4 heteroatoms. The molecule has 1 aliphatic heterocycles. The molecule has 0 radical (unpaired) electrons. The van der Waals surface area contributed by atoms with Crippen LogP contribution in [0.25, 0.3) is 0 Å². The van der Waals surface area contributed by atoms with Crippen molar-refractivity contribution in [2.45, 2.75) is 32.1 Å². The highest BCUT2D eigenvalue weighted by Gasteiger charge is 2.29. The minimum absolute atomic E-state index is 0.454. The molecule has 0 aliphatic carbocycles. The molecule has 0 spiro atoms. The van der Waals surface area contributed by atoms with Gasteiger partial charge < -0.3 is 4.90 Å². The second-order valence-corrected chi connectivity index (χ2v) is 3.88. The Labute approximate surface area is 82.6 Å². The Balaban J connectivity index is 2.42.